The topological polar surface area (TPSA) is 91.4 Å². The van der Waals surface area contributed by atoms with Crippen LogP contribution >= 0.6 is 11.3 Å². The summed E-state index contributed by atoms with van der Waals surface area (Å²) in [6.07, 6.45) is 1.00. The second kappa shape index (κ2) is 10.7. The molecule has 0 unspecified atom stereocenters. The van der Waals surface area contributed by atoms with Crippen LogP contribution in [0, 0.1) is 5.82 Å². The molecule has 2 N–H and O–H groups in total. The maximum Gasteiger partial charge on any atom is 0.254 e. The lowest BCUT2D eigenvalue weighted by Gasteiger charge is -2.26. The Bertz CT molecular complexity index is 852. The zero-order valence-corrected chi connectivity index (χ0v) is 17.5. The summed E-state index contributed by atoms with van der Waals surface area (Å²) in [4.78, 5) is 42.5. The van der Waals surface area contributed by atoms with Gasteiger partial charge in [-0.3, -0.25) is 14.4 Å². The Hall–Kier alpha value is -2.81. The van der Waals surface area contributed by atoms with Crippen LogP contribution in [0.2, 0.25) is 0 Å². The standard InChI is InChI=1S/C20H25FN4O3S/c1-4-9-22-17(26)10-16-12-29-20(23-16)24-18(27)11-25(13(2)3)19(28)14-5-7-15(21)8-6-14/h5-8,12-13H,4,9-11H2,1-3H3,(H,22,26)(H,23,24,27). The molecule has 0 saturated carbocycles. The number of rotatable bonds is 9. The first kappa shape index (κ1) is 22.5. The number of halogens is 1. The number of nitrogens with zero attached hydrogens (tertiary/aromatic N) is 2. The lowest BCUT2D eigenvalue weighted by molar-refractivity contribution is -0.120. The van der Waals surface area contributed by atoms with Crippen LogP contribution in [-0.2, 0) is 16.0 Å². The van der Waals surface area contributed by atoms with Gasteiger partial charge in [0.05, 0.1) is 12.1 Å². The highest BCUT2D eigenvalue weighted by molar-refractivity contribution is 7.13. The number of hydrogen-bond donors (Lipinski definition) is 2. The van der Waals surface area contributed by atoms with Gasteiger partial charge in [0.15, 0.2) is 5.13 Å². The van der Waals surface area contributed by atoms with Crippen molar-refractivity contribution in [3.63, 3.8) is 0 Å². The third kappa shape index (κ3) is 6.94. The van der Waals surface area contributed by atoms with E-state index in [2.05, 4.69) is 15.6 Å². The quantitative estimate of drug-likeness (QED) is 0.653. The normalized spacial score (nSPS) is 10.7. The first-order chi connectivity index (χ1) is 13.8. The fourth-order valence-electron chi connectivity index (χ4n) is 2.50. The molecule has 7 nitrogen and oxygen atoms in total. The summed E-state index contributed by atoms with van der Waals surface area (Å²) < 4.78 is 13.1. The molecule has 9 heteroatoms. The van der Waals surface area contributed by atoms with Crippen molar-refractivity contribution >= 4 is 34.2 Å². The minimum Gasteiger partial charge on any atom is -0.356 e. The number of aromatic nitrogens is 1. The Morgan fingerprint density at radius 2 is 1.86 bits per heavy atom. The van der Waals surface area contributed by atoms with Crippen molar-refractivity contribution in [3.05, 3.63) is 46.7 Å². The minimum absolute atomic E-state index is 0.120. The molecule has 3 amide bonds. The largest absolute Gasteiger partial charge is 0.356 e. The molecule has 0 fully saturated rings. The fourth-order valence-corrected chi connectivity index (χ4v) is 3.22. The smallest absolute Gasteiger partial charge is 0.254 e. The zero-order chi connectivity index (χ0) is 21.4. The molecule has 0 spiro atoms. The van der Waals surface area contributed by atoms with Gasteiger partial charge in [-0.05, 0) is 44.5 Å². The number of carbonyl (C=O) groups excluding carboxylic acids is 3. The zero-order valence-electron chi connectivity index (χ0n) is 16.7. The van der Waals surface area contributed by atoms with Gasteiger partial charge in [0, 0.05) is 23.5 Å². The second-order valence-electron chi connectivity index (χ2n) is 6.75. The molecule has 0 saturated heterocycles. The van der Waals surface area contributed by atoms with Crippen molar-refractivity contribution in [2.45, 2.75) is 39.7 Å². The van der Waals surface area contributed by atoms with Crippen LogP contribution in [0.15, 0.2) is 29.6 Å². The summed E-state index contributed by atoms with van der Waals surface area (Å²) >= 11 is 1.22. The summed E-state index contributed by atoms with van der Waals surface area (Å²) in [6.45, 7) is 6.01. The Balaban J connectivity index is 1.96. The second-order valence-corrected chi connectivity index (χ2v) is 7.61. The van der Waals surface area contributed by atoms with E-state index in [0.29, 0.717) is 22.9 Å². The van der Waals surface area contributed by atoms with Crippen LogP contribution in [0.3, 0.4) is 0 Å². The molecule has 0 atom stereocenters. The number of thiazole rings is 1. The van der Waals surface area contributed by atoms with Crippen LogP contribution in [-0.4, -0.2) is 46.7 Å². The van der Waals surface area contributed by atoms with E-state index in [1.54, 1.807) is 19.2 Å². The van der Waals surface area contributed by atoms with Crippen LogP contribution in [0.25, 0.3) is 0 Å². The molecule has 1 heterocycles. The summed E-state index contributed by atoms with van der Waals surface area (Å²) in [5, 5.41) is 7.51. The van der Waals surface area contributed by atoms with Crippen LogP contribution < -0.4 is 10.6 Å². The molecule has 0 bridgehead atoms. The summed E-state index contributed by atoms with van der Waals surface area (Å²) in [5.74, 6) is -1.31. The molecular weight excluding hydrogens is 395 g/mol. The van der Waals surface area contributed by atoms with Crippen molar-refractivity contribution in [3.8, 4) is 0 Å². The van der Waals surface area contributed by atoms with Crippen LogP contribution in [0.5, 0.6) is 0 Å². The third-order valence-electron chi connectivity index (χ3n) is 4.00. The van der Waals surface area contributed by atoms with Crippen molar-refractivity contribution in [1.82, 2.24) is 15.2 Å². The Kier molecular flexibility index (Phi) is 8.26. The highest BCUT2D eigenvalue weighted by atomic mass is 32.1. The van der Waals surface area contributed by atoms with Gasteiger partial charge in [-0.25, -0.2) is 9.37 Å². The number of amides is 3. The van der Waals surface area contributed by atoms with Gasteiger partial charge >= 0.3 is 0 Å². The number of nitrogens with one attached hydrogen (secondary N) is 2. The monoisotopic (exact) mass is 420 g/mol. The van der Waals surface area contributed by atoms with E-state index in [1.165, 1.54) is 40.5 Å². The lowest BCUT2D eigenvalue weighted by atomic mass is 10.1. The molecule has 0 aliphatic rings. The van der Waals surface area contributed by atoms with Crippen molar-refractivity contribution < 1.29 is 18.8 Å². The van der Waals surface area contributed by atoms with Crippen molar-refractivity contribution in [2.24, 2.45) is 0 Å². The number of hydrogen-bond acceptors (Lipinski definition) is 5. The predicted octanol–water partition coefficient (Wildman–Crippen LogP) is 2.84. The van der Waals surface area contributed by atoms with Gasteiger partial charge in [-0.1, -0.05) is 6.92 Å². The first-order valence-corrected chi connectivity index (χ1v) is 10.3. The molecule has 0 aliphatic heterocycles. The van der Waals surface area contributed by atoms with E-state index in [-0.39, 0.29) is 30.8 Å². The van der Waals surface area contributed by atoms with E-state index in [0.717, 1.165) is 6.42 Å². The third-order valence-corrected chi connectivity index (χ3v) is 4.81. The Morgan fingerprint density at radius 3 is 2.48 bits per heavy atom. The van der Waals surface area contributed by atoms with Gasteiger partial charge < -0.3 is 15.5 Å². The molecule has 2 rings (SSSR count). The molecule has 0 aliphatic carbocycles. The Morgan fingerprint density at radius 1 is 1.17 bits per heavy atom. The predicted molar refractivity (Wildman–Crippen MR) is 110 cm³/mol. The fraction of sp³-hybridized carbons (Fsp3) is 0.400. The maximum atomic E-state index is 13.1. The first-order valence-electron chi connectivity index (χ1n) is 9.37. The highest BCUT2D eigenvalue weighted by Crippen LogP contribution is 2.16. The summed E-state index contributed by atoms with van der Waals surface area (Å²) in [7, 11) is 0. The van der Waals surface area contributed by atoms with Gasteiger partial charge in [0.25, 0.3) is 5.91 Å². The van der Waals surface area contributed by atoms with E-state index >= 15 is 0 Å². The molecular formula is C20H25FN4O3S. The number of carbonyl (C=O) groups is 3. The van der Waals surface area contributed by atoms with E-state index in [4.69, 9.17) is 0 Å². The SMILES string of the molecule is CCCNC(=O)Cc1csc(NC(=O)CN(C(=O)c2ccc(F)cc2)C(C)C)n1. The van der Waals surface area contributed by atoms with Crippen LogP contribution in [0.4, 0.5) is 9.52 Å². The van der Waals surface area contributed by atoms with Crippen molar-refractivity contribution in [1.29, 1.82) is 0 Å². The molecule has 0 radical (unpaired) electrons. The molecule has 2 aromatic rings. The molecule has 1 aromatic carbocycles. The molecule has 1 aromatic heterocycles. The molecule has 29 heavy (non-hydrogen) atoms. The minimum atomic E-state index is -0.432. The van der Waals surface area contributed by atoms with Crippen molar-refractivity contribution in [2.75, 3.05) is 18.4 Å². The van der Waals surface area contributed by atoms with E-state index in [9.17, 15) is 18.8 Å². The number of benzene rings is 1. The van der Waals surface area contributed by atoms with E-state index in [1.807, 2.05) is 6.92 Å². The molecule has 156 valence electrons. The Labute approximate surface area is 173 Å². The average Bonchev–Trinajstić information content (AvgIpc) is 3.10. The van der Waals surface area contributed by atoms with Gasteiger partial charge in [-0.2, -0.15) is 0 Å². The van der Waals surface area contributed by atoms with Gasteiger partial charge in [-0.15, -0.1) is 11.3 Å². The number of anilines is 1. The highest BCUT2D eigenvalue weighted by Gasteiger charge is 2.22. The maximum absolute atomic E-state index is 13.1. The van der Waals surface area contributed by atoms with Crippen LogP contribution in [0.1, 0.15) is 43.2 Å². The summed E-state index contributed by atoms with van der Waals surface area (Å²) in [5.41, 5.74) is 0.879. The lowest BCUT2D eigenvalue weighted by Crippen LogP contribution is -2.42. The van der Waals surface area contributed by atoms with E-state index < -0.39 is 11.7 Å². The van der Waals surface area contributed by atoms with Gasteiger partial charge in [0.2, 0.25) is 11.8 Å². The average molecular weight is 421 g/mol. The summed E-state index contributed by atoms with van der Waals surface area (Å²) in [6, 6.07) is 4.97. The van der Waals surface area contributed by atoms with Gasteiger partial charge in [0.1, 0.15) is 12.4 Å².